The van der Waals surface area contributed by atoms with E-state index in [-0.39, 0.29) is 24.6 Å². The Kier molecular flexibility index (Phi) is 10.3. The van der Waals surface area contributed by atoms with Crippen LogP contribution in [0.1, 0.15) is 57.4 Å². The number of fused-ring (bicyclic) bond motifs is 1. The molecule has 0 aromatic heterocycles. The van der Waals surface area contributed by atoms with Gasteiger partial charge in [-0.1, -0.05) is 73.7 Å². The van der Waals surface area contributed by atoms with Gasteiger partial charge in [-0.05, 0) is 85.8 Å². The first-order valence-electron chi connectivity index (χ1n) is 14.9. The van der Waals surface area contributed by atoms with Crippen molar-refractivity contribution < 1.29 is 24.2 Å². The van der Waals surface area contributed by atoms with Gasteiger partial charge >= 0.3 is 6.09 Å². The first kappa shape index (κ1) is 32.1. The van der Waals surface area contributed by atoms with E-state index in [0.717, 1.165) is 28.3 Å². The highest BCUT2D eigenvalue weighted by molar-refractivity contribution is 6.00. The van der Waals surface area contributed by atoms with Crippen molar-refractivity contribution in [2.75, 3.05) is 11.9 Å². The van der Waals surface area contributed by atoms with Gasteiger partial charge in [0, 0.05) is 18.7 Å². The molecule has 0 aliphatic rings. The van der Waals surface area contributed by atoms with Gasteiger partial charge in [-0.3, -0.25) is 9.59 Å². The fourth-order valence-corrected chi connectivity index (χ4v) is 5.07. The summed E-state index contributed by atoms with van der Waals surface area (Å²) in [6.07, 6.45) is 0.220. The lowest BCUT2D eigenvalue weighted by Crippen LogP contribution is -2.53. The summed E-state index contributed by atoms with van der Waals surface area (Å²) in [7, 11) is 0. The average molecular weight is 596 g/mol. The first-order valence-corrected chi connectivity index (χ1v) is 14.9. The molecule has 0 aliphatic carbocycles. The van der Waals surface area contributed by atoms with Gasteiger partial charge in [-0.15, -0.1) is 0 Å². The molecule has 0 spiro atoms. The highest BCUT2D eigenvalue weighted by atomic mass is 16.6. The highest BCUT2D eigenvalue weighted by Crippen LogP contribution is 2.27. The Morgan fingerprint density at radius 2 is 1.48 bits per heavy atom. The summed E-state index contributed by atoms with van der Waals surface area (Å²) < 4.78 is 5.48. The number of anilines is 1. The molecule has 4 aromatic rings. The van der Waals surface area contributed by atoms with Crippen LogP contribution >= 0.6 is 0 Å². The molecule has 0 heterocycles. The van der Waals surface area contributed by atoms with Crippen LogP contribution in [0, 0.1) is 0 Å². The SMILES string of the molecule is CCc1ccc(C(C(=O)Nc2ccc3ccccc3c2)N(CC)C(=O)C(Cc2ccc(O)cc2)NC(=O)OC(C)(C)C)cc1. The first-order chi connectivity index (χ1) is 21.0. The number of carbonyl (C=O) groups is 3. The van der Waals surface area contributed by atoms with Gasteiger partial charge in [0.2, 0.25) is 5.91 Å². The topological polar surface area (TPSA) is 108 Å². The number of ether oxygens (including phenoxy) is 1. The molecule has 2 atom stereocenters. The van der Waals surface area contributed by atoms with Crippen LogP contribution in [0.5, 0.6) is 5.75 Å². The molecule has 2 unspecified atom stereocenters. The summed E-state index contributed by atoms with van der Waals surface area (Å²) in [6.45, 7) is 9.29. The molecule has 4 rings (SSSR count). The third-order valence-electron chi connectivity index (χ3n) is 7.27. The monoisotopic (exact) mass is 595 g/mol. The summed E-state index contributed by atoms with van der Waals surface area (Å²) in [5.41, 5.74) is 2.31. The van der Waals surface area contributed by atoms with Gasteiger partial charge in [-0.2, -0.15) is 0 Å². The Hall–Kier alpha value is -4.85. The molecule has 44 heavy (non-hydrogen) atoms. The number of benzene rings is 4. The number of rotatable bonds is 10. The predicted molar refractivity (Wildman–Crippen MR) is 173 cm³/mol. The molecular formula is C36H41N3O5. The minimum absolute atomic E-state index is 0.0906. The van der Waals surface area contributed by atoms with Crippen molar-refractivity contribution in [1.29, 1.82) is 0 Å². The number of nitrogens with one attached hydrogen (secondary N) is 2. The van der Waals surface area contributed by atoms with E-state index in [4.69, 9.17) is 4.74 Å². The maximum atomic E-state index is 14.3. The van der Waals surface area contributed by atoms with E-state index in [1.54, 1.807) is 39.8 Å². The third-order valence-corrected chi connectivity index (χ3v) is 7.27. The van der Waals surface area contributed by atoms with E-state index in [9.17, 15) is 19.5 Å². The molecule has 3 amide bonds. The maximum absolute atomic E-state index is 14.3. The van der Waals surface area contributed by atoms with E-state index >= 15 is 0 Å². The Balaban J connectivity index is 1.70. The summed E-state index contributed by atoms with van der Waals surface area (Å²) in [5.74, 6) is -0.724. The lowest BCUT2D eigenvalue weighted by molar-refractivity contribution is -0.140. The second-order valence-electron chi connectivity index (χ2n) is 11.7. The second kappa shape index (κ2) is 14.1. The Morgan fingerprint density at radius 1 is 0.841 bits per heavy atom. The van der Waals surface area contributed by atoms with E-state index in [1.807, 2.05) is 66.7 Å². The number of hydrogen-bond acceptors (Lipinski definition) is 5. The van der Waals surface area contributed by atoms with Gasteiger partial charge in [0.15, 0.2) is 0 Å². The summed E-state index contributed by atoms with van der Waals surface area (Å²) in [6, 6.07) is 25.6. The smallest absolute Gasteiger partial charge is 0.408 e. The van der Waals surface area contributed by atoms with Crippen LogP contribution in [0.25, 0.3) is 10.8 Å². The third kappa shape index (κ3) is 8.37. The van der Waals surface area contributed by atoms with Crippen molar-refractivity contribution in [3.05, 3.63) is 108 Å². The number of hydrogen-bond donors (Lipinski definition) is 3. The highest BCUT2D eigenvalue weighted by Gasteiger charge is 2.35. The quantitative estimate of drug-likeness (QED) is 0.188. The molecule has 0 radical (unpaired) electrons. The van der Waals surface area contributed by atoms with Gasteiger partial charge in [0.1, 0.15) is 23.4 Å². The Labute approximate surface area is 259 Å². The van der Waals surface area contributed by atoms with E-state index in [1.165, 1.54) is 17.0 Å². The zero-order chi connectivity index (χ0) is 31.9. The van der Waals surface area contributed by atoms with Gasteiger partial charge < -0.3 is 25.4 Å². The van der Waals surface area contributed by atoms with Crippen LogP contribution < -0.4 is 10.6 Å². The lowest BCUT2D eigenvalue weighted by Gasteiger charge is -2.34. The number of amides is 3. The van der Waals surface area contributed by atoms with Gasteiger partial charge in [0.05, 0.1) is 0 Å². The summed E-state index contributed by atoms with van der Waals surface area (Å²) >= 11 is 0. The zero-order valence-corrected chi connectivity index (χ0v) is 26.0. The van der Waals surface area contributed by atoms with E-state index in [2.05, 4.69) is 17.6 Å². The number of alkyl carbamates (subject to hydrolysis) is 1. The van der Waals surface area contributed by atoms with E-state index < -0.39 is 29.7 Å². The van der Waals surface area contributed by atoms with Crippen LogP contribution in [0.3, 0.4) is 0 Å². The number of nitrogens with zero attached hydrogens (tertiary/aromatic N) is 1. The minimum atomic E-state index is -1.04. The van der Waals surface area contributed by atoms with Crippen LogP contribution in [0.2, 0.25) is 0 Å². The van der Waals surface area contributed by atoms with Crippen molar-refractivity contribution in [2.45, 2.75) is 65.1 Å². The molecule has 0 bridgehead atoms. The van der Waals surface area contributed by atoms with Gasteiger partial charge in [0.25, 0.3) is 5.91 Å². The summed E-state index contributed by atoms with van der Waals surface area (Å²) in [5, 5.41) is 17.6. The Bertz CT molecular complexity index is 1590. The number of carbonyl (C=O) groups excluding carboxylic acids is 3. The van der Waals surface area contributed by atoms with Crippen molar-refractivity contribution in [2.24, 2.45) is 0 Å². The Morgan fingerprint density at radius 3 is 2.09 bits per heavy atom. The molecule has 230 valence electrons. The van der Waals surface area contributed by atoms with Crippen molar-refractivity contribution in [3.8, 4) is 5.75 Å². The molecular weight excluding hydrogens is 554 g/mol. The van der Waals surface area contributed by atoms with Crippen LogP contribution in [0.4, 0.5) is 10.5 Å². The largest absolute Gasteiger partial charge is 0.508 e. The number of phenolic OH excluding ortho intramolecular Hbond substituents is 1. The molecule has 4 aromatic carbocycles. The molecule has 8 nitrogen and oxygen atoms in total. The van der Waals surface area contributed by atoms with Crippen molar-refractivity contribution in [3.63, 3.8) is 0 Å². The van der Waals surface area contributed by atoms with Crippen LogP contribution in [0.15, 0.2) is 91.0 Å². The van der Waals surface area contributed by atoms with Crippen LogP contribution in [-0.4, -0.2) is 46.1 Å². The van der Waals surface area contributed by atoms with E-state index in [0.29, 0.717) is 11.3 Å². The number of phenols is 1. The molecule has 0 aliphatic heterocycles. The molecule has 0 saturated heterocycles. The predicted octanol–water partition coefficient (Wildman–Crippen LogP) is 6.77. The number of aryl methyl sites for hydroxylation is 1. The maximum Gasteiger partial charge on any atom is 0.408 e. The normalized spacial score (nSPS) is 12.7. The minimum Gasteiger partial charge on any atom is -0.508 e. The molecule has 0 fully saturated rings. The molecule has 8 heteroatoms. The number of likely N-dealkylation sites (N-methyl/N-ethyl adjacent to an activating group) is 1. The lowest BCUT2D eigenvalue weighted by atomic mass is 9.99. The average Bonchev–Trinajstić information content (AvgIpc) is 2.99. The molecule has 0 saturated carbocycles. The van der Waals surface area contributed by atoms with Crippen LogP contribution in [-0.2, 0) is 27.2 Å². The zero-order valence-electron chi connectivity index (χ0n) is 26.0. The van der Waals surface area contributed by atoms with Crippen molar-refractivity contribution >= 4 is 34.4 Å². The van der Waals surface area contributed by atoms with Gasteiger partial charge in [-0.25, -0.2) is 4.79 Å². The number of aromatic hydroxyl groups is 1. The fourth-order valence-electron chi connectivity index (χ4n) is 5.07. The van der Waals surface area contributed by atoms with Crippen molar-refractivity contribution in [1.82, 2.24) is 10.2 Å². The summed E-state index contributed by atoms with van der Waals surface area (Å²) in [4.78, 5) is 42.8. The molecule has 3 N–H and O–H groups in total. The fraction of sp³-hybridized carbons (Fsp3) is 0.306. The standard InChI is InChI=1S/C36H41N3O5/c1-6-24-12-16-27(17-13-24)32(33(41)37-29-19-18-26-10-8-9-11-28(26)23-29)39(7-2)34(42)31(38-35(43)44-36(3,4)5)22-25-14-20-30(40)21-15-25/h8-21,23,31-32,40H,6-7,22H2,1-5H3,(H,37,41)(H,38,43). The second-order valence-corrected chi connectivity index (χ2v) is 11.7.